The van der Waals surface area contributed by atoms with Crippen LogP contribution in [0.25, 0.3) is 0 Å². The number of thioether (sulfide) groups is 1. The molecule has 2 rings (SSSR count). The van der Waals surface area contributed by atoms with Crippen LogP contribution in [-0.2, 0) is 0 Å². The average molecular weight is 352 g/mol. The molecule has 0 heterocycles. The Bertz CT molecular complexity index is 562. The topological polar surface area (TPSA) is 35.2 Å². The predicted octanol–water partition coefficient (Wildman–Crippen LogP) is 4.64. The Morgan fingerprint density at radius 2 is 2.00 bits per heavy atom. The summed E-state index contributed by atoms with van der Waals surface area (Å²) in [5, 5.41) is 0. The van der Waals surface area contributed by atoms with Crippen LogP contribution in [0.15, 0.2) is 57.9 Å². The molecule has 0 amide bonds. The molecule has 0 aromatic heterocycles. The van der Waals surface area contributed by atoms with E-state index in [0.717, 1.165) is 21.5 Å². The molecule has 2 N–H and O–H groups in total. The fraction of sp³-hybridized carbons (Fsp3) is 0.250. The molecule has 0 saturated heterocycles. The molecule has 2 nitrogen and oxygen atoms in total. The van der Waals surface area contributed by atoms with E-state index in [0.29, 0.717) is 6.61 Å². The first-order chi connectivity index (χ1) is 9.70. The Labute approximate surface area is 132 Å². The number of hydrogen-bond acceptors (Lipinski definition) is 3. The second-order valence-corrected chi connectivity index (χ2v) is 6.27. The van der Waals surface area contributed by atoms with Crippen LogP contribution in [0.3, 0.4) is 0 Å². The van der Waals surface area contributed by atoms with Gasteiger partial charge in [-0.3, -0.25) is 0 Å². The third kappa shape index (κ3) is 4.27. The van der Waals surface area contributed by atoms with E-state index in [2.05, 4.69) is 22.0 Å². The minimum absolute atomic E-state index is 0.00693. The summed E-state index contributed by atoms with van der Waals surface area (Å²) in [6.45, 7) is 2.65. The first kappa shape index (κ1) is 15.4. The number of ether oxygens (including phenoxy) is 1. The number of rotatable bonds is 6. The standard InChI is InChI=1S/C16H18BrNOS/c1-2-19-13-7-5-6-12(10-13)15(18)11-20-16-9-4-3-8-14(16)17/h3-10,15H,2,11,18H2,1H3. The Morgan fingerprint density at radius 3 is 2.75 bits per heavy atom. The largest absolute Gasteiger partial charge is 0.494 e. The van der Waals surface area contributed by atoms with Crippen molar-refractivity contribution in [3.8, 4) is 5.75 Å². The lowest BCUT2D eigenvalue weighted by atomic mass is 10.1. The number of benzene rings is 2. The van der Waals surface area contributed by atoms with E-state index in [1.165, 1.54) is 4.90 Å². The molecule has 0 bridgehead atoms. The van der Waals surface area contributed by atoms with E-state index in [1.807, 2.05) is 49.4 Å². The molecule has 0 spiro atoms. The average Bonchev–Trinajstić information content (AvgIpc) is 2.47. The minimum atomic E-state index is -0.00693. The van der Waals surface area contributed by atoms with Crippen LogP contribution in [0.2, 0.25) is 0 Å². The first-order valence-electron chi connectivity index (χ1n) is 6.56. The normalized spacial score (nSPS) is 12.2. The van der Waals surface area contributed by atoms with Crippen LogP contribution in [0.1, 0.15) is 18.5 Å². The van der Waals surface area contributed by atoms with E-state index in [4.69, 9.17) is 10.5 Å². The van der Waals surface area contributed by atoms with Gasteiger partial charge in [0.05, 0.1) is 6.61 Å². The van der Waals surface area contributed by atoms with Gasteiger partial charge in [-0.05, 0) is 52.7 Å². The molecule has 0 aliphatic carbocycles. The Kier molecular flexibility index (Phi) is 5.95. The molecule has 0 saturated carbocycles. The predicted molar refractivity (Wildman–Crippen MR) is 89.4 cm³/mol. The Hall–Kier alpha value is -0.970. The lowest BCUT2D eigenvalue weighted by Crippen LogP contribution is -2.13. The van der Waals surface area contributed by atoms with Crippen LogP contribution in [0.5, 0.6) is 5.75 Å². The number of halogens is 1. The van der Waals surface area contributed by atoms with Gasteiger partial charge in [0, 0.05) is 21.2 Å². The summed E-state index contributed by atoms with van der Waals surface area (Å²) in [4.78, 5) is 1.21. The summed E-state index contributed by atoms with van der Waals surface area (Å²) in [7, 11) is 0. The maximum Gasteiger partial charge on any atom is 0.119 e. The highest BCUT2D eigenvalue weighted by molar-refractivity contribution is 9.10. The highest BCUT2D eigenvalue weighted by Crippen LogP contribution is 2.30. The zero-order valence-corrected chi connectivity index (χ0v) is 13.8. The molecule has 2 aromatic carbocycles. The van der Waals surface area contributed by atoms with Gasteiger partial charge in [-0.15, -0.1) is 11.8 Å². The minimum Gasteiger partial charge on any atom is -0.494 e. The third-order valence-corrected chi connectivity index (χ3v) is 5.00. The number of hydrogen-bond donors (Lipinski definition) is 1. The van der Waals surface area contributed by atoms with Gasteiger partial charge in [0.25, 0.3) is 0 Å². The highest BCUT2D eigenvalue weighted by atomic mass is 79.9. The fourth-order valence-electron chi connectivity index (χ4n) is 1.84. The van der Waals surface area contributed by atoms with Crippen molar-refractivity contribution >= 4 is 27.7 Å². The first-order valence-corrected chi connectivity index (χ1v) is 8.34. The molecule has 1 unspecified atom stereocenters. The van der Waals surface area contributed by atoms with Crippen molar-refractivity contribution in [1.82, 2.24) is 0 Å². The summed E-state index contributed by atoms with van der Waals surface area (Å²) in [5.41, 5.74) is 7.37. The van der Waals surface area contributed by atoms with Crippen LogP contribution in [0, 0.1) is 0 Å². The Morgan fingerprint density at radius 1 is 1.20 bits per heavy atom. The molecule has 1 atom stereocenters. The summed E-state index contributed by atoms with van der Waals surface area (Å²) in [6, 6.07) is 16.2. The van der Waals surface area contributed by atoms with Gasteiger partial charge in [0.1, 0.15) is 5.75 Å². The Balaban J connectivity index is 1.99. The zero-order chi connectivity index (χ0) is 14.4. The van der Waals surface area contributed by atoms with Crippen molar-refractivity contribution in [3.05, 3.63) is 58.6 Å². The summed E-state index contributed by atoms with van der Waals surface area (Å²) in [5.74, 6) is 1.71. The van der Waals surface area contributed by atoms with Gasteiger partial charge in [-0.1, -0.05) is 24.3 Å². The molecule has 2 aromatic rings. The maximum absolute atomic E-state index is 6.27. The van der Waals surface area contributed by atoms with Gasteiger partial charge in [0.2, 0.25) is 0 Å². The molecular weight excluding hydrogens is 334 g/mol. The van der Waals surface area contributed by atoms with Gasteiger partial charge in [-0.25, -0.2) is 0 Å². The SMILES string of the molecule is CCOc1cccc(C(N)CSc2ccccc2Br)c1. The van der Waals surface area contributed by atoms with Gasteiger partial charge in [0.15, 0.2) is 0 Å². The maximum atomic E-state index is 6.27. The molecule has 4 heteroatoms. The van der Waals surface area contributed by atoms with E-state index >= 15 is 0 Å². The van der Waals surface area contributed by atoms with Crippen molar-refractivity contribution in [3.63, 3.8) is 0 Å². The smallest absolute Gasteiger partial charge is 0.119 e. The van der Waals surface area contributed by atoms with Crippen LogP contribution < -0.4 is 10.5 Å². The van der Waals surface area contributed by atoms with Gasteiger partial charge in [-0.2, -0.15) is 0 Å². The van der Waals surface area contributed by atoms with E-state index in [-0.39, 0.29) is 6.04 Å². The van der Waals surface area contributed by atoms with Crippen molar-refractivity contribution < 1.29 is 4.74 Å². The van der Waals surface area contributed by atoms with E-state index in [9.17, 15) is 0 Å². The summed E-state index contributed by atoms with van der Waals surface area (Å²) in [6.07, 6.45) is 0. The van der Waals surface area contributed by atoms with Crippen molar-refractivity contribution in [2.45, 2.75) is 17.9 Å². The zero-order valence-electron chi connectivity index (χ0n) is 11.4. The fourth-order valence-corrected chi connectivity index (χ4v) is 3.40. The third-order valence-electron chi connectivity index (χ3n) is 2.85. The van der Waals surface area contributed by atoms with Crippen molar-refractivity contribution in [2.24, 2.45) is 5.73 Å². The van der Waals surface area contributed by atoms with Gasteiger partial charge >= 0.3 is 0 Å². The van der Waals surface area contributed by atoms with Crippen LogP contribution >= 0.6 is 27.7 Å². The van der Waals surface area contributed by atoms with E-state index in [1.54, 1.807) is 11.8 Å². The number of nitrogens with two attached hydrogens (primary N) is 1. The van der Waals surface area contributed by atoms with Gasteiger partial charge < -0.3 is 10.5 Å². The second kappa shape index (κ2) is 7.72. The lowest BCUT2D eigenvalue weighted by molar-refractivity contribution is 0.339. The molecule has 106 valence electrons. The molecule has 0 aliphatic heterocycles. The molecule has 20 heavy (non-hydrogen) atoms. The lowest BCUT2D eigenvalue weighted by Gasteiger charge is -2.13. The molecule has 0 radical (unpaired) electrons. The quantitative estimate of drug-likeness (QED) is 0.770. The molecule has 0 aliphatic rings. The molecule has 0 fully saturated rings. The highest BCUT2D eigenvalue weighted by Gasteiger charge is 2.09. The monoisotopic (exact) mass is 351 g/mol. The summed E-state index contributed by atoms with van der Waals surface area (Å²) >= 11 is 5.31. The van der Waals surface area contributed by atoms with Crippen molar-refractivity contribution in [1.29, 1.82) is 0 Å². The van der Waals surface area contributed by atoms with E-state index < -0.39 is 0 Å². The second-order valence-electron chi connectivity index (χ2n) is 4.35. The van der Waals surface area contributed by atoms with Crippen molar-refractivity contribution in [2.75, 3.05) is 12.4 Å². The van der Waals surface area contributed by atoms with Crippen LogP contribution in [-0.4, -0.2) is 12.4 Å². The van der Waals surface area contributed by atoms with Crippen LogP contribution in [0.4, 0.5) is 0 Å². The molecular formula is C16H18BrNOS. The summed E-state index contributed by atoms with van der Waals surface area (Å²) < 4.78 is 6.62.